The molecule has 0 aliphatic rings. The van der Waals surface area contributed by atoms with E-state index in [9.17, 15) is 9.59 Å². The molecule has 0 bridgehead atoms. The first kappa shape index (κ1) is 9.26. The van der Waals surface area contributed by atoms with Crippen LogP contribution in [-0.2, 0) is 0 Å². The second-order valence-electron chi connectivity index (χ2n) is 3.14. The first-order valence-corrected chi connectivity index (χ1v) is 4.24. The van der Waals surface area contributed by atoms with E-state index in [0.717, 1.165) is 0 Å². The molecule has 0 aliphatic carbocycles. The summed E-state index contributed by atoms with van der Waals surface area (Å²) in [6, 6.07) is 4.65. The average Bonchev–Trinajstić information content (AvgIpc) is 2.17. The van der Waals surface area contributed by atoms with Crippen LogP contribution in [0.1, 0.15) is 10.4 Å². The summed E-state index contributed by atoms with van der Waals surface area (Å²) in [5.41, 5.74) is 5.81. The molecule has 0 unspecified atom stereocenters. The number of nitrogens with one attached hydrogen (secondary N) is 1. The SMILES string of the molecule is Nc1ccc2c(=O)c(C(=O)O)c[nH]c2c1. The molecule has 0 radical (unpaired) electrons. The van der Waals surface area contributed by atoms with Crippen LogP contribution < -0.4 is 11.2 Å². The number of fused-ring (bicyclic) bond motifs is 1. The van der Waals surface area contributed by atoms with Gasteiger partial charge in [0.25, 0.3) is 0 Å². The number of carbonyl (C=O) groups is 1. The normalized spacial score (nSPS) is 10.4. The Morgan fingerprint density at radius 1 is 1.40 bits per heavy atom. The molecule has 2 aromatic rings. The third kappa shape index (κ3) is 1.43. The maximum Gasteiger partial charge on any atom is 0.341 e. The third-order valence-corrected chi connectivity index (χ3v) is 2.14. The molecule has 76 valence electrons. The number of aromatic amines is 1. The highest BCUT2D eigenvalue weighted by atomic mass is 16.4. The predicted molar refractivity (Wildman–Crippen MR) is 55.9 cm³/mol. The molecule has 0 atom stereocenters. The Bertz CT molecular complexity index is 601. The lowest BCUT2D eigenvalue weighted by atomic mass is 10.1. The van der Waals surface area contributed by atoms with Crippen LogP contribution >= 0.6 is 0 Å². The first-order valence-electron chi connectivity index (χ1n) is 4.24. The van der Waals surface area contributed by atoms with Crippen molar-refractivity contribution in [2.45, 2.75) is 0 Å². The monoisotopic (exact) mass is 204 g/mol. The fraction of sp³-hybridized carbons (Fsp3) is 0. The molecule has 1 aromatic heterocycles. The van der Waals surface area contributed by atoms with Crippen molar-refractivity contribution in [3.05, 3.63) is 40.2 Å². The first-order chi connectivity index (χ1) is 7.09. The summed E-state index contributed by atoms with van der Waals surface area (Å²) in [6.07, 6.45) is 1.17. The van der Waals surface area contributed by atoms with Gasteiger partial charge >= 0.3 is 5.97 Å². The summed E-state index contributed by atoms with van der Waals surface area (Å²) in [7, 11) is 0. The zero-order valence-corrected chi connectivity index (χ0v) is 7.65. The molecule has 1 aromatic carbocycles. The summed E-state index contributed by atoms with van der Waals surface area (Å²) in [5.74, 6) is -1.24. The minimum Gasteiger partial charge on any atom is -0.477 e. The lowest BCUT2D eigenvalue weighted by Gasteiger charge is -2.00. The van der Waals surface area contributed by atoms with E-state index in [1.54, 1.807) is 12.1 Å². The van der Waals surface area contributed by atoms with Crippen molar-refractivity contribution in [3.63, 3.8) is 0 Å². The number of hydrogen-bond acceptors (Lipinski definition) is 3. The Morgan fingerprint density at radius 3 is 2.80 bits per heavy atom. The van der Waals surface area contributed by atoms with Crippen molar-refractivity contribution >= 4 is 22.6 Å². The number of aromatic nitrogens is 1. The van der Waals surface area contributed by atoms with Crippen molar-refractivity contribution < 1.29 is 9.90 Å². The molecule has 2 rings (SSSR count). The second kappa shape index (κ2) is 3.13. The number of carboxylic acids is 1. The number of rotatable bonds is 1. The summed E-state index contributed by atoms with van der Waals surface area (Å²) in [5, 5.41) is 9.06. The highest BCUT2D eigenvalue weighted by Gasteiger charge is 2.10. The molecule has 0 saturated carbocycles. The van der Waals surface area contributed by atoms with Crippen LogP contribution in [0.25, 0.3) is 10.9 Å². The molecular formula is C10H8N2O3. The number of nitrogens with two attached hydrogens (primary N) is 1. The molecule has 0 saturated heterocycles. The molecule has 0 spiro atoms. The maximum atomic E-state index is 11.6. The number of carboxylic acid groups (broad SMARTS) is 1. The largest absolute Gasteiger partial charge is 0.477 e. The van der Waals surface area contributed by atoms with E-state index in [2.05, 4.69) is 4.98 Å². The smallest absolute Gasteiger partial charge is 0.341 e. The van der Waals surface area contributed by atoms with Crippen LogP contribution in [0.15, 0.2) is 29.2 Å². The fourth-order valence-electron chi connectivity index (χ4n) is 1.40. The third-order valence-electron chi connectivity index (χ3n) is 2.14. The molecule has 1 heterocycles. The highest BCUT2D eigenvalue weighted by molar-refractivity contribution is 5.92. The topological polar surface area (TPSA) is 96.2 Å². The van der Waals surface area contributed by atoms with Gasteiger partial charge in [-0.05, 0) is 18.2 Å². The van der Waals surface area contributed by atoms with E-state index < -0.39 is 11.4 Å². The van der Waals surface area contributed by atoms with Gasteiger partial charge in [0, 0.05) is 17.3 Å². The summed E-state index contributed by atoms with van der Waals surface area (Å²) in [4.78, 5) is 25.0. The minimum absolute atomic E-state index is 0.271. The Hall–Kier alpha value is -2.30. The quantitative estimate of drug-likeness (QED) is 0.599. The van der Waals surface area contributed by atoms with Crippen LogP contribution in [0.4, 0.5) is 5.69 Å². The van der Waals surface area contributed by atoms with Gasteiger partial charge < -0.3 is 15.8 Å². The van der Waals surface area contributed by atoms with Gasteiger partial charge in [-0.15, -0.1) is 0 Å². The molecule has 5 heteroatoms. The molecule has 5 nitrogen and oxygen atoms in total. The van der Waals surface area contributed by atoms with Crippen molar-refractivity contribution in [1.29, 1.82) is 0 Å². The predicted octanol–water partition coefficient (Wildman–Crippen LogP) is 0.809. The van der Waals surface area contributed by atoms with Crippen molar-refractivity contribution in [1.82, 2.24) is 4.98 Å². The Kier molecular flexibility index (Phi) is 1.93. The van der Waals surface area contributed by atoms with E-state index in [4.69, 9.17) is 10.8 Å². The van der Waals surface area contributed by atoms with Gasteiger partial charge in [0.15, 0.2) is 0 Å². The van der Waals surface area contributed by atoms with Gasteiger partial charge in [-0.25, -0.2) is 4.79 Å². The molecular weight excluding hydrogens is 196 g/mol. The summed E-state index contributed by atoms with van der Waals surface area (Å²) >= 11 is 0. The van der Waals surface area contributed by atoms with Gasteiger partial charge in [-0.2, -0.15) is 0 Å². The van der Waals surface area contributed by atoms with E-state index in [1.165, 1.54) is 12.3 Å². The molecule has 0 amide bonds. The molecule has 4 N–H and O–H groups in total. The number of hydrogen-bond donors (Lipinski definition) is 3. The number of nitrogen functional groups attached to an aromatic ring is 1. The minimum atomic E-state index is -1.24. The zero-order valence-electron chi connectivity index (χ0n) is 7.65. The molecule has 0 aliphatic heterocycles. The maximum absolute atomic E-state index is 11.6. The van der Waals surface area contributed by atoms with Crippen LogP contribution in [0, 0.1) is 0 Å². The van der Waals surface area contributed by atoms with Crippen molar-refractivity contribution in [2.75, 3.05) is 5.73 Å². The summed E-state index contributed by atoms with van der Waals surface area (Å²) in [6.45, 7) is 0. The van der Waals surface area contributed by atoms with Crippen LogP contribution in [0.3, 0.4) is 0 Å². The Labute approximate surface area is 84.2 Å². The second-order valence-corrected chi connectivity index (χ2v) is 3.14. The average molecular weight is 204 g/mol. The van der Waals surface area contributed by atoms with Gasteiger partial charge in [-0.3, -0.25) is 4.79 Å². The number of H-pyrrole nitrogens is 1. The lowest BCUT2D eigenvalue weighted by Crippen LogP contribution is -2.15. The summed E-state index contributed by atoms with van der Waals surface area (Å²) < 4.78 is 0. The van der Waals surface area contributed by atoms with Crippen molar-refractivity contribution in [2.24, 2.45) is 0 Å². The van der Waals surface area contributed by atoms with Gasteiger partial charge in [0.2, 0.25) is 5.43 Å². The van der Waals surface area contributed by atoms with Gasteiger partial charge in [-0.1, -0.05) is 0 Å². The Morgan fingerprint density at radius 2 is 2.13 bits per heavy atom. The van der Waals surface area contributed by atoms with Crippen LogP contribution in [0.5, 0.6) is 0 Å². The van der Waals surface area contributed by atoms with Crippen molar-refractivity contribution in [3.8, 4) is 0 Å². The fourth-order valence-corrected chi connectivity index (χ4v) is 1.40. The highest BCUT2D eigenvalue weighted by Crippen LogP contribution is 2.12. The molecule has 0 fully saturated rings. The number of anilines is 1. The number of pyridine rings is 1. The van der Waals surface area contributed by atoms with E-state index in [1.807, 2.05) is 0 Å². The van der Waals surface area contributed by atoms with E-state index in [0.29, 0.717) is 16.6 Å². The van der Waals surface area contributed by atoms with Gasteiger partial charge in [0.1, 0.15) is 5.56 Å². The van der Waals surface area contributed by atoms with Crippen LogP contribution in [0.2, 0.25) is 0 Å². The molecule has 15 heavy (non-hydrogen) atoms. The van der Waals surface area contributed by atoms with Gasteiger partial charge in [0.05, 0.1) is 5.52 Å². The lowest BCUT2D eigenvalue weighted by molar-refractivity contribution is 0.0695. The van der Waals surface area contributed by atoms with E-state index >= 15 is 0 Å². The van der Waals surface area contributed by atoms with E-state index in [-0.39, 0.29) is 5.56 Å². The standard InChI is InChI=1S/C10H8N2O3/c11-5-1-2-6-8(3-5)12-4-7(9(6)13)10(14)15/h1-4H,11H2,(H,12,13)(H,14,15). The Balaban J connectivity index is 2.86. The van der Waals surface area contributed by atoms with Crippen LogP contribution in [-0.4, -0.2) is 16.1 Å². The zero-order chi connectivity index (χ0) is 11.0. The number of benzene rings is 1. The number of aromatic carboxylic acids is 1.